The molecule has 1 aromatic rings. The van der Waals surface area contributed by atoms with Crippen molar-refractivity contribution < 1.29 is 13.2 Å². The van der Waals surface area contributed by atoms with Crippen LogP contribution in [-0.4, -0.2) is 39.3 Å². The van der Waals surface area contributed by atoms with Gasteiger partial charge in [-0.15, -0.1) is 0 Å². The first-order chi connectivity index (χ1) is 10.9. The van der Waals surface area contributed by atoms with E-state index in [1.807, 2.05) is 0 Å². The van der Waals surface area contributed by atoms with Crippen LogP contribution in [0.4, 0.5) is 5.69 Å². The Kier molecular flexibility index (Phi) is 4.29. The minimum Gasteiger partial charge on any atom is -0.312 e. The van der Waals surface area contributed by atoms with Crippen LogP contribution >= 0.6 is 0 Å². The summed E-state index contributed by atoms with van der Waals surface area (Å²) in [6.07, 6.45) is 7.61. The predicted molar refractivity (Wildman–Crippen MR) is 89.9 cm³/mol. The second kappa shape index (κ2) is 6.09. The summed E-state index contributed by atoms with van der Waals surface area (Å²) >= 11 is 0. The maximum Gasteiger partial charge on any atom is 0.242 e. The summed E-state index contributed by atoms with van der Waals surface area (Å²) < 4.78 is 25.6. The van der Waals surface area contributed by atoms with Crippen molar-refractivity contribution in [2.45, 2.75) is 30.6 Å². The Hall–Kier alpha value is -1.66. The van der Waals surface area contributed by atoms with Crippen LogP contribution in [0.15, 0.2) is 35.2 Å². The number of carbonyl (C=O) groups is 1. The van der Waals surface area contributed by atoms with E-state index in [9.17, 15) is 13.2 Å². The van der Waals surface area contributed by atoms with Crippen LogP contribution in [0.1, 0.15) is 24.8 Å². The van der Waals surface area contributed by atoms with Crippen molar-refractivity contribution in [3.63, 3.8) is 0 Å². The van der Waals surface area contributed by atoms with Crippen LogP contribution in [0.25, 0.3) is 0 Å². The Balaban J connectivity index is 1.81. The van der Waals surface area contributed by atoms with Gasteiger partial charge in [0.25, 0.3) is 0 Å². The summed E-state index contributed by atoms with van der Waals surface area (Å²) in [4.78, 5) is 14.6. The third-order valence-electron chi connectivity index (χ3n) is 4.58. The highest BCUT2D eigenvalue weighted by atomic mass is 32.2. The van der Waals surface area contributed by atoms with Crippen LogP contribution in [0.3, 0.4) is 0 Å². The van der Waals surface area contributed by atoms with Gasteiger partial charge in [0.15, 0.2) is 0 Å². The molecule has 0 fully saturated rings. The van der Waals surface area contributed by atoms with Crippen LogP contribution in [-0.2, 0) is 21.2 Å². The number of hydrogen-bond donors (Lipinski definition) is 0. The Morgan fingerprint density at radius 2 is 2.13 bits per heavy atom. The number of allylic oxidation sites excluding steroid dienone is 2. The van der Waals surface area contributed by atoms with Gasteiger partial charge < -0.3 is 4.90 Å². The van der Waals surface area contributed by atoms with Crippen molar-refractivity contribution in [1.82, 2.24) is 4.31 Å². The Morgan fingerprint density at radius 1 is 1.35 bits per heavy atom. The summed E-state index contributed by atoms with van der Waals surface area (Å²) in [5, 5.41) is 0. The number of anilines is 1. The van der Waals surface area contributed by atoms with Crippen LogP contribution in [0, 0.1) is 5.92 Å². The van der Waals surface area contributed by atoms with Crippen LogP contribution in [0.5, 0.6) is 0 Å². The lowest BCUT2D eigenvalue weighted by atomic mass is 10.0. The van der Waals surface area contributed by atoms with Gasteiger partial charge in [-0.3, -0.25) is 4.79 Å². The molecule has 1 amide bonds. The fraction of sp³-hybridized carbons (Fsp3) is 0.471. The first-order valence-corrected chi connectivity index (χ1v) is 9.36. The molecule has 3 rings (SSSR count). The van der Waals surface area contributed by atoms with E-state index in [-0.39, 0.29) is 10.8 Å². The zero-order valence-corrected chi connectivity index (χ0v) is 14.3. The number of amides is 1. The molecule has 23 heavy (non-hydrogen) atoms. The number of rotatable bonds is 4. The molecule has 1 aliphatic carbocycles. The van der Waals surface area contributed by atoms with Gasteiger partial charge >= 0.3 is 0 Å². The molecule has 1 heterocycles. The van der Waals surface area contributed by atoms with Gasteiger partial charge in [0.05, 0.1) is 4.90 Å². The Morgan fingerprint density at radius 3 is 2.78 bits per heavy atom. The largest absolute Gasteiger partial charge is 0.312 e. The lowest BCUT2D eigenvalue weighted by Crippen LogP contribution is -2.30. The molecular weight excluding hydrogens is 312 g/mol. The minimum atomic E-state index is -3.43. The fourth-order valence-corrected chi connectivity index (χ4v) is 4.16. The van der Waals surface area contributed by atoms with Crippen molar-refractivity contribution in [2.75, 3.05) is 25.5 Å². The minimum absolute atomic E-state index is 0.128. The van der Waals surface area contributed by atoms with E-state index in [1.54, 1.807) is 23.1 Å². The zero-order valence-electron chi connectivity index (χ0n) is 13.5. The normalized spacial score (nSPS) is 20.3. The van der Waals surface area contributed by atoms with Crippen molar-refractivity contribution in [1.29, 1.82) is 0 Å². The molecule has 0 radical (unpaired) electrons. The van der Waals surface area contributed by atoms with Gasteiger partial charge in [-0.1, -0.05) is 12.2 Å². The van der Waals surface area contributed by atoms with Gasteiger partial charge in [0.1, 0.15) is 0 Å². The second-order valence-electron chi connectivity index (χ2n) is 6.34. The molecule has 1 aliphatic heterocycles. The zero-order chi connectivity index (χ0) is 16.6. The van der Waals surface area contributed by atoms with Crippen molar-refractivity contribution >= 4 is 21.6 Å². The molecule has 1 aromatic carbocycles. The number of benzene rings is 1. The molecule has 0 aromatic heterocycles. The van der Waals surface area contributed by atoms with Gasteiger partial charge in [-0.05, 0) is 48.9 Å². The average molecular weight is 334 g/mol. The maximum atomic E-state index is 12.5. The lowest BCUT2D eigenvalue weighted by Gasteiger charge is -2.19. The number of sulfonamides is 1. The average Bonchev–Trinajstić information content (AvgIpc) is 3.15. The van der Waals surface area contributed by atoms with Gasteiger partial charge in [0.2, 0.25) is 15.9 Å². The Labute approximate surface area is 137 Å². The van der Waals surface area contributed by atoms with E-state index in [2.05, 4.69) is 12.2 Å². The van der Waals surface area contributed by atoms with E-state index >= 15 is 0 Å². The number of fused-ring (bicyclic) bond motifs is 1. The van der Waals surface area contributed by atoms with E-state index in [1.165, 1.54) is 18.4 Å². The highest BCUT2D eigenvalue weighted by Gasteiger charge is 2.28. The smallest absolute Gasteiger partial charge is 0.242 e. The molecule has 0 spiro atoms. The Bertz CT molecular complexity index is 753. The van der Waals surface area contributed by atoms with E-state index in [0.717, 1.165) is 24.1 Å². The molecule has 0 unspecified atom stereocenters. The number of carbonyl (C=O) groups excluding carboxylic acids is 1. The molecule has 6 heteroatoms. The SMILES string of the molecule is CN(C)S(=O)(=O)c1ccc2c(c1)CCN2C(=O)C[C@H]1C=CCC1. The lowest BCUT2D eigenvalue weighted by molar-refractivity contribution is -0.119. The van der Waals surface area contributed by atoms with Gasteiger partial charge in [0, 0.05) is 32.7 Å². The molecule has 0 saturated heterocycles. The standard InChI is InChI=1S/C17H22N2O3S/c1-18(2)23(21,22)15-7-8-16-14(12-15)9-10-19(16)17(20)11-13-5-3-4-6-13/h3,5,7-8,12-13H,4,6,9-11H2,1-2H3/t13-/m0/s1. The van der Waals surface area contributed by atoms with Crippen LogP contribution < -0.4 is 4.90 Å². The topological polar surface area (TPSA) is 57.7 Å². The van der Waals surface area contributed by atoms with Gasteiger partial charge in [-0.25, -0.2) is 12.7 Å². The molecule has 0 N–H and O–H groups in total. The summed E-state index contributed by atoms with van der Waals surface area (Å²) in [6.45, 7) is 0.635. The summed E-state index contributed by atoms with van der Waals surface area (Å²) in [6, 6.07) is 5.06. The third-order valence-corrected chi connectivity index (χ3v) is 6.39. The van der Waals surface area contributed by atoms with E-state index in [0.29, 0.717) is 25.3 Å². The van der Waals surface area contributed by atoms with Crippen molar-refractivity contribution in [3.8, 4) is 0 Å². The highest BCUT2D eigenvalue weighted by Crippen LogP contribution is 2.32. The predicted octanol–water partition coefficient (Wildman–Crippen LogP) is 2.18. The highest BCUT2D eigenvalue weighted by molar-refractivity contribution is 7.89. The number of hydrogen-bond acceptors (Lipinski definition) is 3. The monoisotopic (exact) mass is 334 g/mol. The molecule has 5 nitrogen and oxygen atoms in total. The summed E-state index contributed by atoms with van der Waals surface area (Å²) in [5.41, 5.74) is 1.79. The summed E-state index contributed by atoms with van der Waals surface area (Å²) in [5.74, 6) is 0.475. The van der Waals surface area contributed by atoms with Gasteiger partial charge in [-0.2, -0.15) is 0 Å². The molecule has 124 valence electrons. The van der Waals surface area contributed by atoms with E-state index < -0.39 is 10.0 Å². The summed E-state index contributed by atoms with van der Waals surface area (Å²) in [7, 11) is -0.391. The molecular formula is C17H22N2O3S. The van der Waals surface area contributed by atoms with Crippen molar-refractivity contribution in [3.05, 3.63) is 35.9 Å². The second-order valence-corrected chi connectivity index (χ2v) is 8.49. The first kappa shape index (κ1) is 16.2. The van der Waals surface area contributed by atoms with E-state index in [4.69, 9.17) is 0 Å². The molecule has 1 atom stereocenters. The fourth-order valence-electron chi connectivity index (χ4n) is 3.21. The quantitative estimate of drug-likeness (QED) is 0.793. The third kappa shape index (κ3) is 3.05. The molecule has 0 saturated carbocycles. The number of nitrogens with zero attached hydrogens (tertiary/aromatic N) is 2. The van der Waals surface area contributed by atoms with Crippen molar-refractivity contribution in [2.24, 2.45) is 5.92 Å². The maximum absolute atomic E-state index is 12.5. The van der Waals surface area contributed by atoms with Crippen LogP contribution in [0.2, 0.25) is 0 Å². The first-order valence-electron chi connectivity index (χ1n) is 7.92. The molecule has 0 bridgehead atoms. The molecule has 2 aliphatic rings.